The number of carbonyl (C=O) groups is 1. The minimum Gasteiger partial charge on any atom is -0.382 e. The van der Waals surface area contributed by atoms with Crippen molar-refractivity contribution in [1.29, 1.82) is 0 Å². The molecule has 4 rings (SSSR count). The molecule has 110 valence electrons. The molecular weight excluding hydrogens is 278 g/mol. The number of nitrogens with zero attached hydrogens (tertiary/aromatic N) is 4. The predicted octanol–water partition coefficient (Wildman–Crippen LogP) is 2.28. The predicted molar refractivity (Wildman–Crippen MR) is 82.6 cm³/mol. The van der Waals surface area contributed by atoms with E-state index in [2.05, 4.69) is 15.1 Å². The molecule has 3 aromatic rings. The Bertz CT molecular complexity index is 895. The first-order valence-corrected chi connectivity index (χ1v) is 7.26. The Kier molecular flexibility index (Phi) is 2.72. The van der Waals surface area contributed by atoms with Crippen LogP contribution in [-0.2, 0) is 0 Å². The summed E-state index contributed by atoms with van der Waals surface area (Å²) in [4.78, 5) is 21.5. The number of carbonyl (C=O) groups excluding carboxylic acids is 1. The van der Waals surface area contributed by atoms with Crippen LogP contribution in [0.5, 0.6) is 0 Å². The maximum absolute atomic E-state index is 12.8. The highest BCUT2D eigenvalue weighted by atomic mass is 16.2. The Morgan fingerprint density at radius 3 is 2.86 bits per heavy atom. The summed E-state index contributed by atoms with van der Waals surface area (Å²) in [7, 11) is 0. The number of nitrogens with two attached hydrogens (primary N) is 1. The van der Waals surface area contributed by atoms with Gasteiger partial charge in [0.15, 0.2) is 11.5 Å². The molecule has 6 heteroatoms. The number of aryl methyl sites for hydroxylation is 1. The van der Waals surface area contributed by atoms with Gasteiger partial charge in [0.25, 0.3) is 5.91 Å². The third kappa shape index (κ3) is 1.95. The zero-order valence-electron chi connectivity index (χ0n) is 12.2. The molecule has 0 aromatic carbocycles. The smallest absolute Gasteiger partial charge is 0.282 e. The average Bonchev–Trinajstić information content (AvgIpc) is 3.32. The Morgan fingerprint density at radius 1 is 1.32 bits per heavy atom. The van der Waals surface area contributed by atoms with Crippen LogP contribution < -0.4 is 5.73 Å². The van der Waals surface area contributed by atoms with E-state index in [9.17, 15) is 4.79 Å². The highest BCUT2D eigenvalue weighted by molar-refractivity contribution is 6.02. The van der Waals surface area contributed by atoms with Gasteiger partial charge in [-0.2, -0.15) is 4.68 Å². The summed E-state index contributed by atoms with van der Waals surface area (Å²) in [6.45, 7) is 1.80. The van der Waals surface area contributed by atoms with Crippen molar-refractivity contribution in [3.63, 3.8) is 0 Å². The molecule has 1 aliphatic carbocycles. The summed E-state index contributed by atoms with van der Waals surface area (Å²) >= 11 is 0. The summed E-state index contributed by atoms with van der Waals surface area (Å²) in [6.07, 6.45) is 3.96. The van der Waals surface area contributed by atoms with Crippen molar-refractivity contribution in [2.24, 2.45) is 0 Å². The standard InChI is InChI=1S/C16H15N5O/c1-9-11(3-2-8-18-9)16(22)21-15-12(14(17)20-21)6-7-13(19-15)10-4-5-10/h2-3,6-8,10H,4-5H2,1H3,(H2,17,20). The monoisotopic (exact) mass is 293 g/mol. The van der Waals surface area contributed by atoms with Crippen LogP contribution in [0, 0.1) is 6.92 Å². The highest BCUT2D eigenvalue weighted by Crippen LogP contribution is 2.39. The van der Waals surface area contributed by atoms with Gasteiger partial charge in [0.1, 0.15) is 0 Å². The van der Waals surface area contributed by atoms with Gasteiger partial charge in [0.2, 0.25) is 0 Å². The Morgan fingerprint density at radius 2 is 2.14 bits per heavy atom. The van der Waals surface area contributed by atoms with Crippen molar-refractivity contribution in [2.75, 3.05) is 5.73 Å². The van der Waals surface area contributed by atoms with E-state index in [0.717, 1.165) is 18.5 Å². The summed E-state index contributed by atoms with van der Waals surface area (Å²) in [5.74, 6) is 0.566. The van der Waals surface area contributed by atoms with Crippen molar-refractivity contribution in [1.82, 2.24) is 19.7 Å². The van der Waals surface area contributed by atoms with Gasteiger partial charge in [0.05, 0.1) is 16.6 Å². The van der Waals surface area contributed by atoms with Gasteiger partial charge in [-0.3, -0.25) is 9.78 Å². The fourth-order valence-electron chi connectivity index (χ4n) is 2.61. The fourth-order valence-corrected chi connectivity index (χ4v) is 2.61. The first kappa shape index (κ1) is 12.9. The molecule has 1 saturated carbocycles. The molecular formula is C16H15N5O. The lowest BCUT2D eigenvalue weighted by molar-refractivity contribution is 0.0949. The largest absolute Gasteiger partial charge is 0.382 e. The minimum absolute atomic E-state index is 0.257. The van der Waals surface area contributed by atoms with E-state index < -0.39 is 0 Å². The topological polar surface area (TPSA) is 86.7 Å². The Balaban J connectivity index is 1.89. The van der Waals surface area contributed by atoms with Crippen LogP contribution in [0.2, 0.25) is 0 Å². The van der Waals surface area contributed by atoms with E-state index in [-0.39, 0.29) is 5.91 Å². The summed E-state index contributed by atoms with van der Waals surface area (Å²) < 4.78 is 1.29. The Hall–Kier alpha value is -2.76. The van der Waals surface area contributed by atoms with Gasteiger partial charge in [-0.15, -0.1) is 5.10 Å². The van der Waals surface area contributed by atoms with Gasteiger partial charge in [-0.05, 0) is 44.0 Å². The van der Waals surface area contributed by atoms with E-state index in [1.54, 1.807) is 25.3 Å². The number of fused-ring (bicyclic) bond motifs is 1. The molecule has 6 nitrogen and oxygen atoms in total. The molecule has 0 atom stereocenters. The number of nitrogen functional groups attached to an aromatic ring is 1. The van der Waals surface area contributed by atoms with E-state index in [1.807, 2.05) is 12.1 Å². The lowest BCUT2D eigenvalue weighted by Gasteiger charge is -2.05. The highest BCUT2D eigenvalue weighted by Gasteiger charge is 2.27. The van der Waals surface area contributed by atoms with Crippen molar-refractivity contribution >= 4 is 22.8 Å². The summed E-state index contributed by atoms with van der Waals surface area (Å²) in [6, 6.07) is 7.35. The molecule has 0 unspecified atom stereocenters. The maximum atomic E-state index is 12.8. The van der Waals surface area contributed by atoms with E-state index in [0.29, 0.717) is 34.0 Å². The number of pyridine rings is 2. The molecule has 0 saturated heterocycles. The van der Waals surface area contributed by atoms with Crippen LogP contribution >= 0.6 is 0 Å². The Labute approximate surface area is 127 Å². The van der Waals surface area contributed by atoms with Gasteiger partial charge < -0.3 is 5.73 Å². The molecule has 1 aliphatic rings. The molecule has 3 aromatic heterocycles. The van der Waals surface area contributed by atoms with Crippen LogP contribution in [0.3, 0.4) is 0 Å². The van der Waals surface area contributed by atoms with Gasteiger partial charge >= 0.3 is 0 Å². The number of aromatic nitrogens is 4. The zero-order valence-corrected chi connectivity index (χ0v) is 12.2. The molecule has 1 fully saturated rings. The van der Waals surface area contributed by atoms with Gasteiger partial charge in [0, 0.05) is 17.8 Å². The minimum atomic E-state index is -0.257. The van der Waals surface area contributed by atoms with Crippen LogP contribution in [0.4, 0.5) is 5.82 Å². The van der Waals surface area contributed by atoms with Crippen LogP contribution in [-0.4, -0.2) is 25.7 Å². The second-order valence-corrected chi connectivity index (χ2v) is 5.62. The second kappa shape index (κ2) is 4.62. The van der Waals surface area contributed by atoms with Crippen LogP contribution in [0.1, 0.15) is 40.5 Å². The van der Waals surface area contributed by atoms with Crippen LogP contribution in [0.25, 0.3) is 11.0 Å². The number of rotatable bonds is 2. The first-order chi connectivity index (χ1) is 10.6. The third-order valence-electron chi connectivity index (χ3n) is 4.01. The molecule has 0 amide bonds. The number of hydrogen-bond acceptors (Lipinski definition) is 5. The van der Waals surface area contributed by atoms with Gasteiger partial charge in [-0.25, -0.2) is 4.98 Å². The molecule has 0 radical (unpaired) electrons. The molecule has 0 spiro atoms. The normalized spacial score (nSPS) is 14.4. The second-order valence-electron chi connectivity index (χ2n) is 5.62. The lowest BCUT2D eigenvalue weighted by atomic mass is 10.2. The quantitative estimate of drug-likeness (QED) is 0.783. The SMILES string of the molecule is Cc1ncccc1C(=O)n1nc(N)c2ccc(C3CC3)nc21. The average molecular weight is 293 g/mol. The third-order valence-corrected chi connectivity index (χ3v) is 4.01. The van der Waals surface area contributed by atoms with Gasteiger partial charge in [-0.1, -0.05) is 0 Å². The van der Waals surface area contributed by atoms with Crippen molar-refractivity contribution < 1.29 is 4.79 Å². The maximum Gasteiger partial charge on any atom is 0.282 e. The van der Waals surface area contributed by atoms with Crippen molar-refractivity contribution in [3.05, 3.63) is 47.4 Å². The van der Waals surface area contributed by atoms with E-state index >= 15 is 0 Å². The molecule has 0 bridgehead atoms. The molecule has 0 aliphatic heterocycles. The fraction of sp³-hybridized carbons (Fsp3) is 0.250. The number of anilines is 1. The lowest BCUT2D eigenvalue weighted by Crippen LogP contribution is -2.16. The van der Waals surface area contributed by atoms with Crippen LogP contribution in [0.15, 0.2) is 30.5 Å². The van der Waals surface area contributed by atoms with E-state index in [4.69, 9.17) is 5.73 Å². The zero-order chi connectivity index (χ0) is 15.3. The molecule has 22 heavy (non-hydrogen) atoms. The van der Waals surface area contributed by atoms with E-state index in [1.165, 1.54) is 4.68 Å². The summed E-state index contributed by atoms with van der Waals surface area (Å²) in [5.41, 5.74) is 8.63. The van der Waals surface area contributed by atoms with Crippen molar-refractivity contribution in [2.45, 2.75) is 25.7 Å². The molecule has 2 N–H and O–H groups in total. The summed E-state index contributed by atoms with van der Waals surface area (Å²) in [5, 5.41) is 4.89. The number of hydrogen-bond donors (Lipinski definition) is 1. The van der Waals surface area contributed by atoms with Crippen molar-refractivity contribution in [3.8, 4) is 0 Å². The first-order valence-electron chi connectivity index (χ1n) is 7.26. The molecule has 3 heterocycles.